The van der Waals surface area contributed by atoms with Crippen molar-refractivity contribution in [3.05, 3.63) is 54.1 Å². The highest BCUT2D eigenvalue weighted by Gasteiger charge is 2.08. The van der Waals surface area contributed by atoms with E-state index in [4.69, 9.17) is 9.47 Å². The maximum absolute atomic E-state index is 12.2. The molecule has 0 amide bonds. The number of hydrogen-bond donors (Lipinski definition) is 0. The molecule has 0 fully saturated rings. The molecule has 0 N–H and O–H groups in total. The highest BCUT2D eigenvalue weighted by Crippen LogP contribution is 2.24. The number of thioether (sulfide) groups is 1. The van der Waals surface area contributed by atoms with Crippen molar-refractivity contribution < 1.29 is 14.3 Å². The van der Waals surface area contributed by atoms with E-state index >= 15 is 0 Å². The lowest BCUT2D eigenvalue weighted by Crippen LogP contribution is -2.05. The van der Waals surface area contributed by atoms with Crippen molar-refractivity contribution in [1.82, 2.24) is 0 Å². The summed E-state index contributed by atoms with van der Waals surface area (Å²) in [5.74, 6) is 2.08. The van der Waals surface area contributed by atoms with E-state index < -0.39 is 0 Å². The van der Waals surface area contributed by atoms with E-state index in [2.05, 4.69) is 0 Å². The minimum absolute atomic E-state index is 0.0998. The summed E-state index contributed by atoms with van der Waals surface area (Å²) >= 11 is 1.51. The van der Waals surface area contributed by atoms with Gasteiger partial charge in [0.25, 0.3) is 0 Å². The van der Waals surface area contributed by atoms with E-state index in [0.717, 1.165) is 16.4 Å². The van der Waals surface area contributed by atoms with Gasteiger partial charge in [-0.05, 0) is 56.3 Å². The molecule has 0 aromatic heterocycles. The Bertz CT molecular complexity index is 620. The van der Waals surface area contributed by atoms with Crippen LogP contribution in [-0.4, -0.2) is 24.7 Å². The minimum Gasteiger partial charge on any atom is -0.497 e. The van der Waals surface area contributed by atoms with Crippen LogP contribution in [0.1, 0.15) is 24.2 Å². The quantitative estimate of drug-likeness (QED) is 0.558. The number of ether oxygens (including phenoxy) is 2. The van der Waals surface area contributed by atoms with Crippen molar-refractivity contribution in [2.75, 3.05) is 12.9 Å². The first-order valence-corrected chi connectivity index (χ1v) is 8.14. The molecule has 3 nitrogen and oxygen atoms in total. The van der Waals surface area contributed by atoms with E-state index in [1.54, 1.807) is 31.4 Å². The van der Waals surface area contributed by atoms with Crippen LogP contribution in [0.15, 0.2) is 53.4 Å². The molecule has 0 bridgehead atoms. The molecular weight excluding hydrogens is 296 g/mol. The number of methoxy groups -OCH3 is 1. The Morgan fingerprint density at radius 1 is 1.09 bits per heavy atom. The van der Waals surface area contributed by atoms with Gasteiger partial charge in [-0.2, -0.15) is 0 Å². The van der Waals surface area contributed by atoms with Gasteiger partial charge < -0.3 is 9.47 Å². The van der Waals surface area contributed by atoms with Gasteiger partial charge in [-0.1, -0.05) is 6.07 Å². The Kier molecular flexibility index (Phi) is 5.90. The standard InChI is InChI=1S/C18H20O3S/c1-13(2)21-16-5-4-6-17(11-16)22-12-18(19)14-7-9-15(20-3)10-8-14/h4-11,13H,12H2,1-3H3. The number of carbonyl (C=O) groups excluding carboxylic acids is 1. The zero-order valence-corrected chi connectivity index (χ0v) is 13.9. The van der Waals surface area contributed by atoms with Gasteiger partial charge in [-0.15, -0.1) is 11.8 Å². The van der Waals surface area contributed by atoms with E-state index in [9.17, 15) is 4.79 Å². The Labute approximate surface area is 135 Å². The normalized spacial score (nSPS) is 10.5. The van der Waals surface area contributed by atoms with Crippen LogP contribution in [0, 0.1) is 0 Å². The van der Waals surface area contributed by atoms with Crippen molar-refractivity contribution >= 4 is 17.5 Å². The molecule has 0 saturated heterocycles. The zero-order valence-electron chi connectivity index (χ0n) is 13.0. The van der Waals surface area contributed by atoms with Gasteiger partial charge in [0.1, 0.15) is 11.5 Å². The van der Waals surface area contributed by atoms with Gasteiger partial charge in [0.05, 0.1) is 19.0 Å². The number of carbonyl (C=O) groups is 1. The summed E-state index contributed by atoms with van der Waals surface area (Å²) < 4.78 is 10.8. The smallest absolute Gasteiger partial charge is 0.173 e. The number of rotatable bonds is 7. The lowest BCUT2D eigenvalue weighted by Gasteiger charge is -2.10. The van der Waals surface area contributed by atoms with E-state index in [0.29, 0.717) is 11.3 Å². The fourth-order valence-electron chi connectivity index (χ4n) is 1.92. The molecule has 0 heterocycles. The van der Waals surface area contributed by atoms with Crippen LogP contribution in [0.2, 0.25) is 0 Å². The van der Waals surface area contributed by atoms with Gasteiger partial charge in [-0.25, -0.2) is 0 Å². The fraction of sp³-hybridized carbons (Fsp3) is 0.278. The molecule has 116 valence electrons. The first-order chi connectivity index (χ1) is 10.6. The molecule has 0 atom stereocenters. The molecule has 0 saturated carbocycles. The van der Waals surface area contributed by atoms with Crippen LogP contribution in [0.3, 0.4) is 0 Å². The maximum Gasteiger partial charge on any atom is 0.173 e. The Morgan fingerprint density at radius 2 is 1.82 bits per heavy atom. The van der Waals surface area contributed by atoms with Crippen LogP contribution in [0.5, 0.6) is 11.5 Å². The fourth-order valence-corrected chi connectivity index (χ4v) is 2.76. The summed E-state index contributed by atoms with van der Waals surface area (Å²) in [6, 6.07) is 15.0. The third kappa shape index (κ3) is 4.81. The lowest BCUT2D eigenvalue weighted by molar-refractivity contribution is 0.102. The van der Waals surface area contributed by atoms with Crippen LogP contribution in [0.25, 0.3) is 0 Å². The highest BCUT2D eigenvalue weighted by atomic mass is 32.2. The summed E-state index contributed by atoms with van der Waals surface area (Å²) in [5, 5.41) is 0. The SMILES string of the molecule is COc1ccc(C(=O)CSc2cccc(OC(C)C)c2)cc1. The van der Waals surface area contributed by atoms with Crippen LogP contribution >= 0.6 is 11.8 Å². The molecule has 0 unspecified atom stereocenters. The summed E-state index contributed by atoms with van der Waals surface area (Å²) in [5.41, 5.74) is 0.697. The predicted octanol–water partition coefficient (Wildman–Crippen LogP) is 4.46. The first-order valence-electron chi connectivity index (χ1n) is 7.15. The molecule has 2 aromatic carbocycles. The van der Waals surface area contributed by atoms with Crippen LogP contribution < -0.4 is 9.47 Å². The zero-order chi connectivity index (χ0) is 15.9. The average Bonchev–Trinajstić information content (AvgIpc) is 2.52. The molecule has 0 aliphatic heterocycles. The molecule has 0 aliphatic carbocycles. The number of benzene rings is 2. The van der Waals surface area contributed by atoms with Crippen molar-refractivity contribution in [1.29, 1.82) is 0 Å². The second kappa shape index (κ2) is 7.90. The van der Waals surface area contributed by atoms with Crippen LogP contribution in [-0.2, 0) is 0 Å². The summed E-state index contributed by atoms with van der Waals surface area (Å²) in [6.07, 6.45) is 0.140. The van der Waals surface area contributed by atoms with Gasteiger partial charge in [0.15, 0.2) is 5.78 Å². The molecule has 2 aromatic rings. The second-order valence-electron chi connectivity index (χ2n) is 5.08. The second-order valence-corrected chi connectivity index (χ2v) is 6.13. The largest absolute Gasteiger partial charge is 0.497 e. The Balaban J connectivity index is 1.95. The Hall–Kier alpha value is -1.94. The van der Waals surface area contributed by atoms with E-state index in [1.807, 2.05) is 38.1 Å². The minimum atomic E-state index is 0.0998. The van der Waals surface area contributed by atoms with E-state index in [1.165, 1.54) is 11.8 Å². The molecule has 0 spiro atoms. The average molecular weight is 316 g/mol. The summed E-state index contributed by atoms with van der Waals surface area (Å²) in [7, 11) is 1.61. The lowest BCUT2D eigenvalue weighted by atomic mass is 10.1. The van der Waals surface area contributed by atoms with Gasteiger partial charge in [0, 0.05) is 10.5 Å². The van der Waals surface area contributed by atoms with Crippen LogP contribution in [0.4, 0.5) is 0 Å². The predicted molar refractivity (Wildman–Crippen MR) is 90.3 cm³/mol. The summed E-state index contributed by atoms with van der Waals surface area (Å²) in [4.78, 5) is 13.2. The molecular formula is C18H20O3S. The molecule has 4 heteroatoms. The third-order valence-electron chi connectivity index (χ3n) is 2.96. The van der Waals surface area contributed by atoms with Gasteiger partial charge in [0.2, 0.25) is 0 Å². The van der Waals surface area contributed by atoms with Crippen molar-refractivity contribution in [3.63, 3.8) is 0 Å². The van der Waals surface area contributed by atoms with Gasteiger partial charge >= 0.3 is 0 Å². The molecule has 22 heavy (non-hydrogen) atoms. The topological polar surface area (TPSA) is 35.5 Å². The highest BCUT2D eigenvalue weighted by molar-refractivity contribution is 8.00. The third-order valence-corrected chi connectivity index (χ3v) is 3.95. The number of ketones is 1. The van der Waals surface area contributed by atoms with Crippen molar-refractivity contribution in [3.8, 4) is 11.5 Å². The number of Topliss-reactive ketones (excluding diaryl/α,β-unsaturated/α-hetero) is 1. The van der Waals surface area contributed by atoms with Crippen molar-refractivity contribution in [2.24, 2.45) is 0 Å². The number of hydrogen-bond acceptors (Lipinski definition) is 4. The monoisotopic (exact) mass is 316 g/mol. The summed E-state index contributed by atoms with van der Waals surface area (Å²) in [6.45, 7) is 3.99. The van der Waals surface area contributed by atoms with E-state index in [-0.39, 0.29) is 11.9 Å². The maximum atomic E-state index is 12.2. The Morgan fingerprint density at radius 3 is 2.45 bits per heavy atom. The van der Waals surface area contributed by atoms with Crippen molar-refractivity contribution in [2.45, 2.75) is 24.8 Å². The molecule has 0 aliphatic rings. The van der Waals surface area contributed by atoms with Gasteiger partial charge in [-0.3, -0.25) is 4.79 Å². The molecule has 2 rings (SSSR count). The first kappa shape index (κ1) is 16.4. The molecule has 0 radical (unpaired) electrons.